The summed E-state index contributed by atoms with van der Waals surface area (Å²) >= 11 is 0. The quantitative estimate of drug-likeness (QED) is 0.771. The van der Waals surface area contributed by atoms with Crippen molar-refractivity contribution in [1.29, 1.82) is 0 Å². The summed E-state index contributed by atoms with van der Waals surface area (Å²) in [7, 11) is 3.13. The molecule has 0 heterocycles. The number of hydrogen-bond acceptors (Lipinski definition) is 5. The number of aryl methyl sites for hydroxylation is 1. The number of methoxy groups -OCH3 is 2. The van der Waals surface area contributed by atoms with Gasteiger partial charge in [-0.15, -0.1) is 0 Å². The van der Waals surface area contributed by atoms with E-state index in [2.05, 4.69) is 5.32 Å². The summed E-state index contributed by atoms with van der Waals surface area (Å²) in [4.78, 5) is 24.1. The number of ether oxygens (including phenoxy) is 3. The predicted molar refractivity (Wildman–Crippen MR) is 97.6 cm³/mol. The molecule has 0 bridgehead atoms. The van der Waals surface area contributed by atoms with E-state index in [9.17, 15) is 9.59 Å². The molecule has 1 N–H and O–H groups in total. The summed E-state index contributed by atoms with van der Waals surface area (Å²) in [5.74, 6) is 0.363. The van der Waals surface area contributed by atoms with Gasteiger partial charge in [0.25, 0.3) is 5.91 Å². The highest BCUT2D eigenvalue weighted by Crippen LogP contribution is 2.29. The first-order valence-electron chi connectivity index (χ1n) is 8.19. The third-order valence-corrected chi connectivity index (χ3v) is 3.87. The third kappa shape index (κ3) is 4.99. The number of nitrogens with one attached hydrogen (secondary N) is 1. The van der Waals surface area contributed by atoms with E-state index in [1.54, 1.807) is 50.6 Å². The first-order valence-corrected chi connectivity index (χ1v) is 8.19. The maximum absolute atomic E-state index is 12.1. The van der Waals surface area contributed by atoms with Gasteiger partial charge in [0.15, 0.2) is 6.61 Å². The Morgan fingerprint density at radius 3 is 2.50 bits per heavy atom. The summed E-state index contributed by atoms with van der Waals surface area (Å²) in [5, 5.41) is 2.79. The molecule has 0 aromatic heterocycles. The molecule has 0 aliphatic heterocycles. The van der Waals surface area contributed by atoms with E-state index < -0.39 is 11.9 Å². The Hall–Kier alpha value is -3.02. The number of amides is 1. The maximum Gasteiger partial charge on any atom is 0.338 e. The number of carbonyl (C=O) groups is 2. The SMILES string of the molecule is COc1ccc(OC)c([C@H](C)NC(=O)COC(=O)c2cccc(C)c2)c1. The van der Waals surface area contributed by atoms with Crippen LogP contribution in [0.2, 0.25) is 0 Å². The third-order valence-electron chi connectivity index (χ3n) is 3.87. The molecule has 0 saturated carbocycles. The van der Waals surface area contributed by atoms with Gasteiger partial charge in [-0.3, -0.25) is 4.79 Å². The molecule has 0 unspecified atom stereocenters. The molecule has 2 aromatic rings. The van der Waals surface area contributed by atoms with Crippen LogP contribution in [0.25, 0.3) is 0 Å². The number of rotatable bonds is 7. The molecule has 138 valence electrons. The highest BCUT2D eigenvalue weighted by Gasteiger charge is 2.17. The Labute approximate surface area is 153 Å². The van der Waals surface area contributed by atoms with E-state index in [0.29, 0.717) is 17.1 Å². The first kappa shape index (κ1) is 19.3. The van der Waals surface area contributed by atoms with Crippen molar-refractivity contribution in [3.8, 4) is 11.5 Å². The van der Waals surface area contributed by atoms with Gasteiger partial charge in [-0.05, 0) is 44.2 Å². The van der Waals surface area contributed by atoms with Crippen molar-refractivity contribution in [2.45, 2.75) is 19.9 Å². The van der Waals surface area contributed by atoms with Crippen LogP contribution in [-0.4, -0.2) is 32.7 Å². The second-order valence-corrected chi connectivity index (χ2v) is 5.84. The van der Waals surface area contributed by atoms with Gasteiger partial charge >= 0.3 is 5.97 Å². The van der Waals surface area contributed by atoms with Crippen molar-refractivity contribution >= 4 is 11.9 Å². The first-order chi connectivity index (χ1) is 12.4. The lowest BCUT2D eigenvalue weighted by Gasteiger charge is -2.18. The van der Waals surface area contributed by atoms with Crippen molar-refractivity contribution in [2.24, 2.45) is 0 Å². The molecule has 0 saturated heterocycles. The van der Waals surface area contributed by atoms with Crippen LogP contribution < -0.4 is 14.8 Å². The minimum Gasteiger partial charge on any atom is -0.497 e. The molecule has 0 aliphatic carbocycles. The number of esters is 1. The minimum absolute atomic E-state index is 0.342. The van der Waals surface area contributed by atoms with Crippen molar-refractivity contribution in [2.75, 3.05) is 20.8 Å². The lowest BCUT2D eigenvalue weighted by atomic mass is 10.1. The second-order valence-electron chi connectivity index (χ2n) is 5.84. The molecule has 0 aliphatic rings. The average Bonchev–Trinajstić information content (AvgIpc) is 2.65. The standard InChI is InChI=1S/C20H23NO5/c1-13-6-5-7-15(10-13)20(23)26-12-19(22)21-14(2)17-11-16(24-3)8-9-18(17)25-4/h5-11,14H,12H2,1-4H3,(H,21,22)/t14-/m0/s1. The van der Waals surface area contributed by atoms with Crippen molar-refractivity contribution in [3.05, 3.63) is 59.2 Å². The van der Waals surface area contributed by atoms with Crippen molar-refractivity contribution in [3.63, 3.8) is 0 Å². The van der Waals surface area contributed by atoms with Gasteiger partial charge in [0.1, 0.15) is 11.5 Å². The van der Waals surface area contributed by atoms with Crippen LogP contribution in [0.3, 0.4) is 0 Å². The van der Waals surface area contributed by atoms with Gasteiger partial charge in [-0.2, -0.15) is 0 Å². The van der Waals surface area contributed by atoms with E-state index in [1.807, 2.05) is 19.9 Å². The molecular formula is C20H23NO5. The van der Waals surface area contributed by atoms with Gasteiger partial charge in [-0.1, -0.05) is 17.7 Å². The molecule has 1 atom stereocenters. The molecule has 26 heavy (non-hydrogen) atoms. The van der Waals surface area contributed by atoms with E-state index in [-0.39, 0.29) is 12.6 Å². The fraction of sp³-hybridized carbons (Fsp3) is 0.300. The number of hydrogen-bond donors (Lipinski definition) is 1. The average molecular weight is 357 g/mol. The molecule has 0 fully saturated rings. The number of benzene rings is 2. The summed E-state index contributed by atoms with van der Waals surface area (Å²) < 4.78 is 15.6. The minimum atomic E-state index is -0.532. The monoisotopic (exact) mass is 357 g/mol. The van der Waals surface area contributed by atoms with Crippen LogP contribution in [0.4, 0.5) is 0 Å². The smallest absolute Gasteiger partial charge is 0.338 e. The fourth-order valence-electron chi connectivity index (χ4n) is 2.53. The van der Waals surface area contributed by atoms with Gasteiger partial charge in [-0.25, -0.2) is 4.79 Å². The largest absolute Gasteiger partial charge is 0.497 e. The van der Waals surface area contributed by atoms with Crippen LogP contribution in [0.1, 0.15) is 34.5 Å². The number of carbonyl (C=O) groups excluding carboxylic acids is 2. The van der Waals surface area contributed by atoms with Gasteiger partial charge in [0, 0.05) is 5.56 Å². The highest BCUT2D eigenvalue weighted by atomic mass is 16.5. The van der Waals surface area contributed by atoms with E-state index in [4.69, 9.17) is 14.2 Å². The zero-order valence-corrected chi connectivity index (χ0v) is 15.4. The van der Waals surface area contributed by atoms with Crippen molar-refractivity contribution < 1.29 is 23.8 Å². The van der Waals surface area contributed by atoms with Crippen LogP contribution in [0.15, 0.2) is 42.5 Å². The molecule has 6 heteroatoms. The van der Waals surface area contributed by atoms with Crippen molar-refractivity contribution in [1.82, 2.24) is 5.32 Å². The molecule has 2 aromatic carbocycles. The zero-order valence-electron chi connectivity index (χ0n) is 15.4. The predicted octanol–water partition coefficient (Wildman–Crippen LogP) is 3.05. The second kappa shape index (κ2) is 8.89. The van der Waals surface area contributed by atoms with Gasteiger partial charge in [0.2, 0.25) is 0 Å². The summed E-state index contributed by atoms with van der Waals surface area (Å²) in [6.07, 6.45) is 0. The summed E-state index contributed by atoms with van der Waals surface area (Å²) in [6, 6.07) is 12.0. The molecular weight excluding hydrogens is 334 g/mol. The Kier molecular flexibility index (Phi) is 6.60. The Morgan fingerprint density at radius 1 is 1.08 bits per heavy atom. The topological polar surface area (TPSA) is 73.9 Å². The van der Waals surface area contributed by atoms with Crippen LogP contribution >= 0.6 is 0 Å². The zero-order chi connectivity index (χ0) is 19.1. The maximum atomic E-state index is 12.1. The van der Waals surface area contributed by atoms with Crippen LogP contribution in [-0.2, 0) is 9.53 Å². The Balaban J connectivity index is 1.96. The van der Waals surface area contributed by atoms with Crippen LogP contribution in [0.5, 0.6) is 11.5 Å². The fourth-order valence-corrected chi connectivity index (χ4v) is 2.53. The van der Waals surface area contributed by atoms with Gasteiger partial charge < -0.3 is 19.5 Å². The molecule has 0 radical (unpaired) electrons. The summed E-state index contributed by atoms with van der Waals surface area (Å²) in [6.45, 7) is 3.34. The normalized spacial score (nSPS) is 11.4. The van der Waals surface area contributed by atoms with Crippen LogP contribution in [0, 0.1) is 6.92 Å². The lowest BCUT2D eigenvalue weighted by molar-refractivity contribution is -0.124. The van der Waals surface area contributed by atoms with E-state index >= 15 is 0 Å². The molecule has 2 rings (SSSR count). The highest BCUT2D eigenvalue weighted by molar-refractivity contribution is 5.91. The lowest BCUT2D eigenvalue weighted by Crippen LogP contribution is -2.31. The Bertz CT molecular complexity index is 788. The van der Waals surface area contributed by atoms with Gasteiger partial charge in [0.05, 0.1) is 25.8 Å². The summed E-state index contributed by atoms with van der Waals surface area (Å²) in [5.41, 5.74) is 2.13. The molecule has 6 nitrogen and oxygen atoms in total. The Morgan fingerprint density at radius 2 is 1.85 bits per heavy atom. The van der Waals surface area contributed by atoms with E-state index in [0.717, 1.165) is 11.1 Å². The molecule has 0 spiro atoms. The van der Waals surface area contributed by atoms with E-state index in [1.165, 1.54) is 0 Å². The molecule has 1 amide bonds.